The molecule has 1 aliphatic heterocycles. The lowest BCUT2D eigenvalue weighted by molar-refractivity contribution is -0.171. The van der Waals surface area contributed by atoms with Crippen molar-refractivity contribution >= 4 is 28.3 Å². The predicted molar refractivity (Wildman–Crippen MR) is 138 cm³/mol. The molecule has 0 aliphatic carbocycles. The zero-order valence-corrected chi connectivity index (χ0v) is 21.2. The van der Waals surface area contributed by atoms with Gasteiger partial charge in [-0.3, -0.25) is 9.59 Å². The molecule has 196 valence electrons. The maximum Gasteiger partial charge on any atom is 0.471 e. The molecule has 0 saturated carbocycles. The summed E-state index contributed by atoms with van der Waals surface area (Å²) in [6.07, 6.45) is -1.91. The molecule has 4 rings (SSSR count). The fraction of sp³-hybridized carbons (Fsp3) is 0.379. The third-order valence-electron chi connectivity index (χ3n) is 7.17. The first-order chi connectivity index (χ1) is 17.5. The van der Waals surface area contributed by atoms with Crippen molar-refractivity contribution in [2.24, 2.45) is 0 Å². The van der Waals surface area contributed by atoms with E-state index in [-0.39, 0.29) is 23.3 Å². The van der Waals surface area contributed by atoms with Crippen LogP contribution in [0.2, 0.25) is 0 Å². The van der Waals surface area contributed by atoms with Crippen molar-refractivity contribution in [1.29, 1.82) is 0 Å². The van der Waals surface area contributed by atoms with Crippen LogP contribution in [-0.2, 0) is 17.6 Å². The van der Waals surface area contributed by atoms with Crippen LogP contribution < -0.4 is 10.2 Å². The second-order valence-electron chi connectivity index (χ2n) is 9.72. The van der Waals surface area contributed by atoms with Crippen molar-refractivity contribution in [1.82, 2.24) is 5.32 Å². The quantitative estimate of drug-likeness (QED) is 0.410. The van der Waals surface area contributed by atoms with Gasteiger partial charge in [-0.1, -0.05) is 43.7 Å². The summed E-state index contributed by atoms with van der Waals surface area (Å²) in [5.74, 6) is -2.24. The lowest BCUT2D eigenvalue weighted by atomic mass is 9.81. The summed E-state index contributed by atoms with van der Waals surface area (Å²) >= 11 is 0. The number of fused-ring (bicyclic) bond motifs is 2. The van der Waals surface area contributed by atoms with Crippen molar-refractivity contribution in [3.8, 4) is 5.75 Å². The predicted octanol–water partition coefficient (Wildman–Crippen LogP) is 6.26. The first kappa shape index (κ1) is 26.5. The lowest BCUT2D eigenvalue weighted by Crippen LogP contribution is -2.49. The highest BCUT2D eigenvalue weighted by atomic mass is 19.4. The smallest absolute Gasteiger partial charge is 0.471 e. The lowest BCUT2D eigenvalue weighted by Gasteiger charge is -2.40. The van der Waals surface area contributed by atoms with E-state index in [9.17, 15) is 27.9 Å². The number of aryl methyl sites for hydroxylation is 2. The monoisotopic (exact) mass is 512 g/mol. The summed E-state index contributed by atoms with van der Waals surface area (Å²) in [5.41, 5.74) is 3.13. The van der Waals surface area contributed by atoms with Gasteiger partial charge in [0.05, 0.1) is 5.69 Å². The zero-order valence-electron chi connectivity index (χ0n) is 21.2. The van der Waals surface area contributed by atoms with Gasteiger partial charge in [0, 0.05) is 24.7 Å². The van der Waals surface area contributed by atoms with E-state index in [1.165, 1.54) is 6.07 Å². The van der Waals surface area contributed by atoms with Gasteiger partial charge in [-0.2, -0.15) is 13.2 Å². The number of alkyl halides is 3. The summed E-state index contributed by atoms with van der Waals surface area (Å²) in [5, 5.41) is 15.0. The Kier molecular flexibility index (Phi) is 7.48. The van der Waals surface area contributed by atoms with E-state index in [1.54, 1.807) is 26.1 Å². The molecule has 1 unspecified atom stereocenters. The van der Waals surface area contributed by atoms with Crippen LogP contribution in [0.4, 0.5) is 18.9 Å². The fourth-order valence-corrected chi connectivity index (χ4v) is 5.41. The van der Waals surface area contributed by atoms with E-state index in [0.29, 0.717) is 42.4 Å². The number of carbonyl (C=O) groups excluding carboxylic acids is 2. The van der Waals surface area contributed by atoms with Gasteiger partial charge >= 0.3 is 12.1 Å². The Morgan fingerprint density at radius 1 is 1.11 bits per heavy atom. The van der Waals surface area contributed by atoms with E-state index in [1.807, 2.05) is 37.3 Å². The normalized spacial score (nSPS) is 17.5. The van der Waals surface area contributed by atoms with Crippen LogP contribution >= 0.6 is 0 Å². The molecule has 37 heavy (non-hydrogen) atoms. The average Bonchev–Trinajstić information content (AvgIpc) is 2.86. The standard InChI is InChI=1S/C29H31F3N2O3/c1-4-6-21-15-24-20(13-17(2)34(25(24)16-26(21)35)28(37)29(30,31)32)11-9-18-10-12-22-19(14-18)7-5-8-23(22)27(36)33-3/h5,7-8,10,12,14-17,20,35H,4,6,9,11,13H2,1-3H3,(H,33,36)/t17?,20-/m0/s1. The minimum absolute atomic E-state index is 0.0774. The first-order valence-electron chi connectivity index (χ1n) is 12.5. The van der Waals surface area contributed by atoms with Crippen LogP contribution in [0.1, 0.15) is 66.1 Å². The number of amides is 2. The van der Waals surface area contributed by atoms with Crippen LogP contribution in [0.3, 0.4) is 0 Å². The number of carbonyl (C=O) groups is 2. The number of halogens is 3. The molecule has 0 aromatic heterocycles. The van der Waals surface area contributed by atoms with E-state index in [4.69, 9.17) is 0 Å². The molecule has 0 spiro atoms. The van der Waals surface area contributed by atoms with Gasteiger partial charge in [-0.05, 0) is 78.1 Å². The highest BCUT2D eigenvalue weighted by Gasteiger charge is 2.47. The maximum absolute atomic E-state index is 13.4. The Morgan fingerprint density at radius 3 is 2.54 bits per heavy atom. The third kappa shape index (κ3) is 5.29. The van der Waals surface area contributed by atoms with E-state index < -0.39 is 18.1 Å². The second-order valence-corrected chi connectivity index (χ2v) is 9.72. The maximum atomic E-state index is 13.4. The zero-order chi connectivity index (χ0) is 26.9. The number of hydrogen-bond donors (Lipinski definition) is 2. The fourth-order valence-electron chi connectivity index (χ4n) is 5.41. The summed E-state index contributed by atoms with van der Waals surface area (Å²) in [6, 6.07) is 13.9. The average molecular weight is 513 g/mol. The number of nitrogens with zero attached hydrogens (tertiary/aromatic N) is 1. The molecule has 0 bridgehead atoms. The summed E-state index contributed by atoms with van der Waals surface area (Å²) in [7, 11) is 1.59. The van der Waals surface area contributed by atoms with Crippen molar-refractivity contribution < 1.29 is 27.9 Å². The van der Waals surface area contributed by atoms with Gasteiger partial charge in [0.1, 0.15) is 5.75 Å². The number of nitrogens with one attached hydrogen (secondary N) is 1. The van der Waals surface area contributed by atoms with Gasteiger partial charge in [0.15, 0.2) is 0 Å². The molecule has 5 nitrogen and oxygen atoms in total. The van der Waals surface area contributed by atoms with E-state index in [2.05, 4.69) is 5.32 Å². The number of phenols is 1. The molecule has 1 aliphatic rings. The van der Waals surface area contributed by atoms with Crippen molar-refractivity contribution in [2.75, 3.05) is 11.9 Å². The Bertz CT molecular complexity index is 1340. The SMILES string of the molecule is CCCc1cc2c(cc1O)N(C(=O)C(F)(F)F)C(C)C[C@@H]2CCc1ccc2c(C(=O)NC)cccc2c1. The van der Waals surface area contributed by atoms with Gasteiger partial charge in [-0.15, -0.1) is 0 Å². The second kappa shape index (κ2) is 10.4. The molecular formula is C29H31F3N2O3. The van der Waals surface area contributed by atoms with Crippen LogP contribution in [-0.4, -0.2) is 36.2 Å². The molecule has 1 heterocycles. The van der Waals surface area contributed by atoms with Crippen LogP contribution in [0.15, 0.2) is 48.5 Å². The Hall–Kier alpha value is -3.55. The highest BCUT2D eigenvalue weighted by Crippen LogP contribution is 2.45. The van der Waals surface area contributed by atoms with E-state index in [0.717, 1.165) is 27.7 Å². The summed E-state index contributed by atoms with van der Waals surface area (Å²) in [4.78, 5) is 25.3. The highest BCUT2D eigenvalue weighted by molar-refractivity contribution is 6.07. The molecular weight excluding hydrogens is 481 g/mol. The van der Waals surface area contributed by atoms with E-state index >= 15 is 0 Å². The number of hydrogen-bond acceptors (Lipinski definition) is 3. The number of aromatic hydroxyl groups is 1. The van der Waals surface area contributed by atoms with Crippen molar-refractivity contribution in [3.05, 3.63) is 70.8 Å². The number of phenolic OH excluding ortho intramolecular Hbond substituents is 1. The molecule has 0 radical (unpaired) electrons. The van der Waals surface area contributed by atoms with Gasteiger partial charge in [0.25, 0.3) is 5.91 Å². The van der Waals surface area contributed by atoms with Crippen molar-refractivity contribution in [2.45, 2.75) is 64.1 Å². The topological polar surface area (TPSA) is 69.6 Å². The van der Waals surface area contributed by atoms with Gasteiger partial charge < -0.3 is 15.3 Å². The molecule has 3 aromatic rings. The van der Waals surface area contributed by atoms with Crippen molar-refractivity contribution in [3.63, 3.8) is 0 Å². The van der Waals surface area contributed by atoms with Crippen LogP contribution in [0.5, 0.6) is 5.75 Å². The first-order valence-corrected chi connectivity index (χ1v) is 12.5. The van der Waals surface area contributed by atoms with Crippen LogP contribution in [0.25, 0.3) is 10.8 Å². The number of rotatable bonds is 6. The van der Waals surface area contributed by atoms with Crippen LogP contribution in [0, 0.1) is 0 Å². The third-order valence-corrected chi connectivity index (χ3v) is 7.17. The summed E-state index contributed by atoms with van der Waals surface area (Å²) in [6.45, 7) is 3.58. The Labute approximate surface area is 214 Å². The number of benzene rings is 3. The molecule has 2 amide bonds. The molecule has 2 atom stereocenters. The molecule has 2 N–H and O–H groups in total. The Balaban J connectivity index is 1.66. The Morgan fingerprint density at radius 2 is 1.86 bits per heavy atom. The molecule has 3 aromatic carbocycles. The summed E-state index contributed by atoms with van der Waals surface area (Å²) < 4.78 is 40.3. The van der Waals surface area contributed by atoms with Gasteiger partial charge in [-0.25, -0.2) is 0 Å². The minimum Gasteiger partial charge on any atom is -0.508 e. The molecule has 8 heteroatoms. The number of anilines is 1. The molecule has 0 fully saturated rings. The van der Waals surface area contributed by atoms with Gasteiger partial charge in [0.2, 0.25) is 0 Å². The minimum atomic E-state index is -5.01. The largest absolute Gasteiger partial charge is 0.508 e. The molecule has 0 saturated heterocycles.